The molecule has 136 valence electrons. The molecule has 3 aromatic rings. The molecule has 5 nitrogen and oxygen atoms in total. The fourth-order valence-electron chi connectivity index (χ4n) is 2.48. The molecule has 0 aliphatic heterocycles. The van der Waals surface area contributed by atoms with E-state index in [1.807, 2.05) is 0 Å². The van der Waals surface area contributed by atoms with Crippen molar-refractivity contribution in [2.24, 2.45) is 7.05 Å². The zero-order chi connectivity index (χ0) is 18.9. The normalized spacial score (nSPS) is 12.9. The van der Waals surface area contributed by atoms with E-state index in [4.69, 9.17) is 11.6 Å². The number of hydrogen-bond acceptors (Lipinski definition) is 3. The molecule has 2 aromatic carbocycles. The van der Waals surface area contributed by atoms with Crippen LogP contribution in [0.4, 0.5) is 8.78 Å². The minimum atomic E-state index is -4.08. The smallest absolute Gasteiger partial charge is 0.241 e. The molecule has 0 unspecified atom stereocenters. The van der Waals surface area contributed by atoms with Crippen molar-refractivity contribution >= 4 is 21.6 Å². The van der Waals surface area contributed by atoms with Crippen LogP contribution in [-0.4, -0.2) is 18.0 Å². The minimum absolute atomic E-state index is 0.209. The van der Waals surface area contributed by atoms with Crippen molar-refractivity contribution in [2.75, 3.05) is 0 Å². The lowest BCUT2D eigenvalue weighted by Crippen LogP contribution is -2.31. The van der Waals surface area contributed by atoms with Crippen LogP contribution in [0.2, 0.25) is 5.02 Å². The Balaban J connectivity index is 2.05. The van der Waals surface area contributed by atoms with Gasteiger partial charge >= 0.3 is 0 Å². The number of nitrogens with zero attached hydrogens (tertiary/aromatic N) is 2. The van der Waals surface area contributed by atoms with Crippen molar-refractivity contribution in [1.29, 1.82) is 0 Å². The summed E-state index contributed by atoms with van der Waals surface area (Å²) in [6.45, 7) is 0. The molecule has 0 fully saturated rings. The van der Waals surface area contributed by atoms with Gasteiger partial charge in [-0.25, -0.2) is 22.2 Å². The molecule has 0 radical (unpaired) electrons. The third-order valence-electron chi connectivity index (χ3n) is 3.77. The number of aryl methyl sites for hydroxylation is 1. The third-order valence-corrected chi connectivity index (χ3v) is 5.48. The predicted molar refractivity (Wildman–Crippen MR) is 93.2 cm³/mol. The molecule has 9 heteroatoms. The molecular formula is C17H14ClF2N3O2S. The number of nitrogens with one attached hydrogen (secondary N) is 1. The minimum Gasteiger partial charge on any atom is -0.336 e. The Morgan fingerprint density at radius 1 is 1.19 bits per heavy atom. The van der Waals surface area contributed by atoms with E-state index < -0.39 is 27.7 Å². The highest BCUT2D eigenvalue weighted by Gasteiger charge is 2.26. The Morgan fingerprint density at radius 3 is 2.58 bits per heavy atom. The van der Waals surface area contributed by atoms with Crippen LogP contribution in [0.3, 0.4) is 0 Å². The molecule has 1 aromatic heterocycles. The summed E-state index contributed by atoms with van der Waals surface area (Å²) in [5.74, 6) is -0.866. The summed E-state index contributed by atoms with van der Waals surface area (Å²) in [6.07, 6.45) is 3.15. The second kappa shape index (κ2) is 7.14. The van der Waals surface area contributed by atoms with E-state index in [0.717, 1.165) is 18.2 Å². The number of benzene rings is 2. The molecule has 3 rings (SSSR count). The van der Waals surface area contributed by atoms with Crippen molar-refractivity contribution in [3.63, 3.8) is 0 Å². The molecule has 0 amide bonds. The summed E-state index contributed by atoms with van der Waals surface area (Å²) in [5.41, 5.74) is 0.371. The van der Waals surface area contributed by atoms with Crippen LogP contribution in [0.1, 0.15) is 17.4 Å². The zero-order valence-corrected chi connectivity index (χ0v) is 15.1. The summed E-state index contributed by atoms with van der Waals surface area (Å²) in [7, 11) is -2.39. The van der Waals surface area contributed by atoms with Crippen molar-refractivity contribution in [3.05, 3.63) is 82.9 Å². The Bertz CT molecular complexity index is 1050. The van der Waals surface area contributed by atoms with E-state index >= 15 is 0 Å². The van der Waals surface area contributed by atoms with Crippen molar-refractivity contribution < 1.29 is 17.2 Å². The van der Waals surface area contributed by atoms with Gasteiger partial charge in [0.2, 0.25) is 10.0 Å². The fourth-order valence-corrected chi connectivity index (χ4v) is 3.93. The maximum Gasteiger partial charge on any atom is 0.241 e. The number of hydrogen-bond donors (Lipinski definition) is 1. The second-order valence-electron chi connectivity index (χ2n) is 5.58. The van der Waals surface area contributed by atoms with Gasteiger partial charge < -0.3 is 4.57 Å². The summed E-state index contributed by atoms with van der Waals surface area (Å²) >= 11 is 5.69. The van der Waals surface area contributed by atoms with Crippen molar-refractivity contribution in [2.45, 2.75) is 10.9 Å². The Kier molecular flexibility index (Phi) is 5.08. The van der Waals surface area contributed by atoms with Gasteiger partial charge in [-0.2, -0.15) is 4.72 Å². The van der Waals surface area contributed by atoms with Crippen LogP contribution in [0.15, 0.2) is 59.8 Å². The topological polar surface area (TPSA) is 64.0 Å². The molecule has 0 spiro atoms. The highest BCUT2D eigenvalue weighted by molar-refractivity contribution is 7.89. The molecule has 0 aliphatic rings. The van der Waals surface area contributed by atoms with Gasteiger partial charge in [0.25, 0.3) is 0 Å². The van der Waals surface area contributed by atoms with Gasteiger partial charge in [0.15, 0.2) is 0 Å². The highest BCUT2D eigenvalue weighted by Crippen LogP contribution is 2.25. The first kappa shape index (κ1) is 18.5. The van der Waals surface area contributed by atoms with Crippen LogP contribution >= 0.6 is 11.6 Å². The quantitative estimate of drug-likeness (QED) is 0.717. The number of halogens is 3. The van der Waals surface area contributed by atoms with Gasteiger partial charge in [-0.05, 0) is 35.9 Å². The van der Waals surface area contributed by atoms with Crippen LogP contribution in [-0.2, 0) is 17.1 Å². The van der Waals surface area contributed by atoms with E-state index in [-0.39, 0.29) is 9.92 Å². The van der Waals surface area contributed by atoms with Gasteiger partial charge in [-0.1, -0.05) is 23.7 Å². The van der Waals surface area contributed by atoms with Crippen LogP contribution < -0.4 is 4.72 Å². The third kappa shape index (κ3) is 3.77. The molecule has 1 atom stereocenters. The first-order valence-electron chi connectivity index (χ1n) is 7.48. The molecule has 1 heterocycles. The maximum absolute atomic E-state index is 13.7. The largest absolute Gasteiger partial charge is 0.336 e. The molecule has 1 N–H and O–H groups in total. The van der Waals surface area contributed by atoms with Gasteiger partial charge in [0.05, 0.1) is 9.92 Å². The first-order chi connectivity index (χ1) is 12.3. The van der Waals surface area contributed by atoms with Crippen LogP contribution in [0.25, 0.3) is 0 Å². The lowest BCUT2D eigenvalue weighted by Gasteiger charge is -2.19. The Labute approximate surface area is 154 Å². The second-order valence-corrected chi connectivity index (χ2v) is 7.70. The molecular weight excluding hydrogens is 384 g/mol. The lowest BCUT2D eigenvalue weighted by atomic mass is 10.1. The number of imidazole rings is 1. The van der Waals surface area contributed by atoms with Crippen LogP contribution in [0.5, 0.6) is 0 Å². The lowest BCUT2D eigenvalue weighted by molar-refractivity contribution is 0.559. The SMILES string of the molecule is Cn1ccnc1[C@@H](NS(=O)(=O)c1ccc(F)c(Cl)c1)c1cccc(F)c1. The van der Waals surface area contributed by atoms with Gasteiger partial charge in [0.1, 0.15) is 23.5 Å². The van der Waals surface area contributed by atoms with E-state index in [1.54, 1.807) is 23.9 Å². The standard InChI is InChI=1S/C17H14ClF2N3O2S/c1-23-8-7-21-17(23)16(11-3-2-4-12(19)9-11)22-26(24,25)13-5-6-15(20)14(18)10-13/h2-10,16,22H,1H3/t16-/m0/s1. The Hall–Kier alpha value is -2.29. The molecule has 0 saturated carbocycles. The summed E-state index contributed by atoms with van der Waals surface area (Å²) in [6, 6.07) is 7.68. The molecule has 26 heavy (non-hydrogen) atoms. The molecule has 0 saturated heterocycles. The monoisotopic (exact) mass is 397 g/mol. The number of rotatable bonds is 5. The maximum atomic E-state index is 13.7. The summed E-state index contributed by atoms with van der Waals surface area (Å²) in [4.78, 5) is 3.95. The predicted octanol–water partition coefficient (Wildman–Crippen LogP) is 3.42. The zero-order valence-electron chi connectivity index (χ0n) is 13.5. The van der Waals surface area contributed by atoms with Crippen molar-refractivity contribution in [3.8, 4) is 0 Å². The van der Waals surface area contributed by atoms with E-state index in [9.17, 15) is 17.2 Å². The Morgan fingerprint density at radius 2 is 1.96 bits per heavy atom. The van der Waals surface area contributed by atoms with Gasteiger partial charge in [-0.15, -0.1) is 0 Å². The van der Waals surface area contributed by atoms with E-state index in [0.29, 0.717) is 11.4 Å². The van der Waals surface area contributed by atoms with Gasteiger partial charge in [-0.3, -0.25) is 0 Å². The van der Waals surface area contributed by atoms with E-state index in [1.165, 1.54) is 24.4 Å². The molecule has 0 aliphatic carbocycles. The molecule has 0 bridgehead atoms. The van der Waals surface area contributed by atoms with Crippen LogP contribution in [0, 0.1) is 11.6 Å². The highest BCUT2D eigenvalue weighted by atomic mass is 35.5. The summed E-state index contributed by atoms with van der Waals surface area (Å²) in [5, 5.41) is -0.313. The van der Waals surface area contributed by atoms with Gasteiger partial charge in [0, 0.05) is 19.4 Å². The van der Waals surface area contributed by atoms with Crippen molar-refractivity contribution in [1.82, 2.24) is 14.3 Å². The first-order valence-corrected chi connectivity index (χ1v) is 9.34. The number of aromatic nitrogens is 2. The number of sulfonamides is 1. The summed E-state index contributed by atoms with van der Waals surface area (Å²) < 4.78 is 56.6. The average molecular weight is 398 g/mol. The average Bonchev–Trinajstić information content (AvgIpc) is 3.01. The fraction of sp³-hybridized carbons (Fsp3) is 0.118. The van der Waals surface area contributed by atoms with E-state index in [2.05, 4.69) is 9.71 Å².